The summed E-state index contributed by atoms with van der Waals surface area (Å²) in [6.07, 6.45) is -4.64. The Hall–Kier alpha value is -3.87. The highest BCUT2D eigenvalue weighted by molar-refractivity contribution is 5.55. The number of nitrogen functional groups attached to an aromatic ring is 1. The van der Waals surface area contributed by atoms with E-state index in [9.17, 15) is 13.2 Å². The van der Waals surface area contributed by atoms with Gasteiger partial charge in [0.2, 0.25) is 11.9 Å². The summed E-state index contributed by atoms with van der Waals surface area (Å²) in [5.74, 6) is 0.0782. The van der Waals surface area contributed by atoms with Crippen LogP contribution >= 0.6 is 0 Å². The second-order valence-electron chi connectivity index (χ2n) is 5.62. The van der Waals surface area contributed by atoms with Gasteiger partial charge in [0.15, 0.2) is 0 Å². The first-order valence-electron chi connectivity index (χ1n) is 7.93. The number of anilines is 3. The van der Waals surface area contributed by atoms with E-state index < -0.39 is 6.36 Å². The molecule has 0 spiro atoms. The molecule has 10 heteroatoms. The summed E-state index contributed by atoms with van der Waals surface area (Å²) in [5.41, 5.74) is 7.36. The van der Waals surface area contributed by atoms with Gasteiger partial charge in [0.05, 0.1) is 11.6 Å². The van der Waals surface area contributed by atoms with Crippen LogP contribution in [0, 0.1) is 11.3 Å². The van der Waals surface area contributed by atoms with Crippen LogP contribution in [0.4, 0.5) is 30.8 Å². The van der Waals surface area contributed by atoms with Crippen molar-refractivity contribution in [2.45, 2.75) is 12.8 Å². The number of rotatable bonds is 5. The van der Waals surface area contributed by atoms with Crippen molar-refractivity contribution in [2.75, 3.05) is 11.1 Å². The van der Waals surface area contributed by atoms with E-state index in [-0.39, 0.29) is 29.9 Å². The molecule has 0 atom stereocenters. The first-order valence-corrected chi connectivity index (χ1v) is 7.93. The van der Waals surface area contributed by atoms with E-state index in [1.807, 2.05) is 6.07 Å². The lowest BCUT2D eigenvalue weighted by Crippen LogP contribution is -2.17. The summed E-state index contributed by atoms with van der Waals surface area (Å²) in [6, 6.07) is 14.1. The van der Waals surface area contributed by atoms with Crippen molar-refractivity contribution in [3.8, 4) is 11.8 Å². The second kappa shape index (κ2) is 7.79. The number of halogens is 3. The first-order chi connectivity index (χ1) is 13.3. The van der Waals surface area contributed by atoms with Crippen LogP contribution in [0.25, 0.3) is 0 Å². The molecule has 0 saturated heterocycles. The van der Waals surface area contributed by atoms with E-state index in [4.69, 9.17) is 11.0 Å². The third-order valence-corrected chi connectivity index (χ3v) is 3.46. The number of aromatic nitrogens is 3. The minimum Gasteiger partial charge on any atom is -0.406 e. The SMILES string of the molecule is N#Cc1ccc(Nc2nc(N)nc(Cc3cccc(OC(F)(F)F)c3)n2)cc1. The fourth-order valence-corrected chi connectivity index (χ4v) is 2.37. The molecule has 0 radical (unpaired) electrons. The number of benzene rings is 2. The zero-order chi connectivity index (χ0) is 20.1. The molecule has 0 saturated carbocycles. The maximum Gasteiger partial charge on any atom is 0.573 e. The average Bonchev–Trinajstić information content (AvgIpc) is 2.61. The number of ether oxygens (including phenoxy) is 1. The molecule has 0 aliphatic heterocycles. The highest BCUT2D eigenvalue weighted by Gasteiger charge is 2.31. The van der Waals surface area contributed by atoms with Crippen molar-refractivity contribution < 1.29 is 17.9 Å². The molecule has 7 nitrogen and oxygen atoms in total. The smallest absolute Gasteiger partial charge is 0.406 e. The first kappa shape index (κ1) is 18.9. The van der Waals surface area contributed by atoms with Crippen LogP contribution in [0.15, 0.2) is 48.5 Å². The summed E-state index contributed by atoms with van der Waals surface area (Å²) < 4.78 is 41.0. The van der Waals surface area contributed by atoms with Gasteiger partial charge in [-0.25, -0.2) is 0 Å². The topological polar surface area (TPSA) is 110 Å². The van der Waals surface area contributed by atoms with Gasteiger partial charge in [0.25, 0.3) is 0 Å². The van der Waals surface area contributed by atoms with Crippen molar-refractivity contribution in [1.82, 2.24) is 15.0 Å². The van der Waals surface area contributed by atoms with E-state index in [0.29, 0.717) is 16.8 Å². The van der Waals surface area contributed by atoms with E-state index in [2.05, 4.69) is 25.0 Å². The normalized spacial score (nSPS) is 10.9. The standard InChI is InChI=1S/C18H13F3N6O/c19-18(20,21)28-14-3-1-2-12(8-14)9-15-25-16(23)27-17(26-15)24-13-6-4-11(10-22)5-7-13/h1-8H,9H2,(H3,23,24,25,26,27). The zero-order valence-electron chi connectivity index (χ0n) is 14.2. The Kier molecular flexibility index (Phi) is 5.26. The molecule has 0 fully saturated rings. The lowest BCUT2D eigenvalue weighted by Gasteiger charge is -2.10. The van der Waals surface area contributed by atoms with Crippen LogP contribution in [0.5, 0.6) is 5.75 Å². The summed E-state index contributed by atoms with van der Waals surface area (Å²) in [5, 5.41) is 11.8. The van der Waals surface area contributed by atoms with Gasteiger partial charge < -0.3 is 15.8 Å². The van der Waals surface area contributed by atoms with Gasteiger partial charge in [0, 0.05) is 12.1 Å². The number of alkyl halides is 3. The van der Waals surface area contributed by atoms with Crippen LogP contribution in [-0.2, 0) is 6.42 Å². The Balaban J connectivity index is 1.78. The summed E-state index contributed by atoms with van der Waals surface area (Å²) in [4.78, 5) is 12.2. The van der Waals surface area contributed by atoms with Gasteiger partial charge in [0.1, 0.15) is 11.6 Å². The molecule has 0 aliphatic rings. The number of hydrogen-bond donors (Lipinski definition) is 2. The van der Waals surface area contributed by atoms with Gasteiger partial charge in [-0.3, -0.25) is 0 Å². The molecule has 2 aromatic carbocycles. The molecule has 1 heterocycles. The predicted molar refractivity (Wildman–Crippen MR) is 94.6 cm³/mol. The lowest BCUT2D eigenvalue weighted by molar-refractivity contribution is -0.274. The van der Waals surface area contributed by atoms with Crippen LogP contribution < -0.4 is 15.8 Å². The average molecular weight is 386 g/mol. The maximum atomic E-state index is 12.4. The molecule has 3 aromatic rings. The molecule has 0 amide bonds. The van der Waals surface area contributed by atoms with Crippen molar-refractivity contribution in [1.29, 1.82) is 5.26 Å². The van der Waals surface area contributed by atoms with Gasteiger partial charge in [-0.2, -0.15) is 20.2 Å². The molecule has 0 unspecified atom stereocenters. The van der Waals surface area contributed by atoms with Crippen molar-refractivity contribution in [2.24, 2.45) is 0 Å². The van der Waals surface area contributed by atoms with Gasteiger partial charge in [-0.1, -0.05) is 12.1 Å². The zero-order valence-corrected chi connectivity index (χ0v) is 14.2. The monoisotopic (exact) mass is 386 g/mol. The van der Waals surface area contributed by atoms with E-state index >= 15 is 0 Å². The van der Waals surface area contributed by atoms with Crippen molar-refractivity contribution >= 4 is 17.6 Å². The number of nitrogens with one attached hydrogen (secondary N) is 1. The van der Waals surface area contributed by atoms with Crippen LogP contribution in [0.3, 0.4) is 0 Å². The van der Waals surface area contributed by atoms with Gasteiger partial charge in [-0.15, -0.1) is 13.2 Å². The minimum absolute atomic E-state index is 0.0381. The Morgan fingerprint density at radius 1 is 1.07 bits per heavy atom. The molecule has 0 aliphatic carbocycles. The fraction of sp³-hybridized carbons (Fsp3) is 0.111. The van der Waals surface area contributed by atoms with Gasteiger partial charge >= 0.3 is 6.36 Å². The number of nitrogens with two attached hydrogens (primary N) is 1. The minimum atomic E-state index is -4.77. The second-order valence-corrected chi connectivity index (χ2v) is 5.62. The maximum absolute atomic E-state index is 12.4. The summed E-state index contributed by atoms with van der Waals surface area (Å²) in [7, 11) is 0. The van der Waals surface area contributed by atoms with Gasteiger partial charge in [-0.05, 0) is 42.0 Å². The molecule has 142 valence electrons. The largest absolute Gasteiger partial charge is 0.573 e. The predicted octanol–water partition coefficient (Wildman–Crippen LogP) is 3.56. The van der Waals surface area contributed by atoms with Crippen LogP contribution in [-0.4, -0.2) is 21.3 Å². The van der Waals surface area contributed by atoms with E-state index in [1.54, 1.807) is 30.3 Å². The summed E-state index contributed by atoms with van der Waals surface area (Å²) in [6.45, 7) is 0. The molecular weight excluding hydrogens is 373 g/mol. The molecule has 28 heavy (non-hydrogen) atoms. The number of hydrogen-bond acceptors (Lipinski definition) is 7. The molecule has 1 aromatic heterocycles. The Labute approximate surface area is 157 Å². The van der Waals surface area contributed by atoms with Crippen LogP contribution in [0.1, 0.15) is 17.0 Å². The lowest BCUT2D eigenvalue weighted by atomic mass is 10.1. The Morgan fingerprint density at radius 3 is 2.50 bits per heavy atom. The number of nitriles is 1. The van der Waals surface area contributed by atoms with E-state index in [0.717, 1.165) is 0 Å². The summed E-state index contributed by atoms with van der Waals surface area (Å²) >= 11 is 0. The Bertz CT molecular complexity index is 1020. The fourth-order valence-electron chi connectivity index (χ4n) is 2.37. The third-order valence-electron chi connectivity index (χ3n) is 3.46. The molecule has 0 bridgehead atoms. The van der Waals surface area contributed by atoms with Crippen molar-refractivity contribution in [3.63, 3.8) is 0 Å². The molecule has 3 N–H and O–H groups in total. The van der Waals surface area contributed by atoms with Crippen molar-refractivity contribution in [3.05, 3.63) is 65.5 Å². The van der Waals surface area contributed by atoms with E-state index in [1.165, 1.54) is 18.2 Å². The third kappa shape index (κ3) is 5.31. The molecular formula is C18H13F3N6O. The highest BCUT2D eigenvalue weighted by Crippen LogP contribution is 2.24. The Morgan fingerprint density at radius 2 is 1.82 bits per heavy atom. The number of nitrogens with zero attached hydrogens (tertiary/aromatic N) is 4. The quantitative estimate of drug-likeness (QED) is 0.690. The van der Waals surface area contributed by atoms with Crippen LogP contribution in [0.2, 0.25) is 0 Å². The molecule has 3 rings (SSSR count). The highest BCUT2D eigenvalue weighted by atomic mass is 19.4.